The number of nitrogens with one attached hydrogen (secondary N) is 1. The van der Waals surface area contributed by atoms with Crippen molar-refractivity contribution in [3.05, 3.63) is 65.1 Å². The number of fused-ring (bicyclic) bond motifs is 3. The molecule has 0 spiro atoms. The van der Waals surface area contributed by atoms with Gasteiger partial charge in [-0.15, -0.1) is 12.8 Å². The number of hydrogen-bond acceptors (Lipinski definition) is 6. The smallest absolute Gasteiger partial charge is 0.222 e. The molecule has 200 valence electrons. The number of terminal acetylenes is 1. The van der Waals surface area contributed by atoms with E-state index in [4.69, 9.17) is 5.73 Å². The lowest BCUT2D eigenvalue weighted by Crippen LogP contribution is -2.50. The van der Waals surface area contributed by atoms with Crippen LogP contribution in [-0.2, 0) is 10.4 Å². The Morgan fingerprint density at radius 1 is 1.24 bits per heavy atom. The Morgan fingerprint density at radius 3 is 2.63 bits per heavy atom. The van der Waals surface area contributed by atoms with E-state index in [1.807, 2.05) is 24.9 Å². The maximum Gasteiger partial charge on any atom is 0.222 e. The van der Waals surface area contributed by atoms with E-state index in [-0.39, 0.29) is 23.9 Å². The monoisotopic (exact) mass is 513 g/mol. The third kappa shape index (κ3) is 4.41. The molecule has 1 aromatic rings. The van der Waals surface area contributed by atoms with Gasteiger partial charge in [-0.3, -0.25) is 4.79 Å². The van der Waals surface area contributed by atoms with Crippen molar-refractivity contribution in [2.45, 2.75) is 64.1 Å². The van der Waals surface area contributed by atoms with Gasteiger partial charge >= 0.3 is 0 Å². The summed E-state index contributed by atoms with van der Waals surface area (Å²) in [7, 11) is 0. The molecule has 1 aromatic carbocycles. The van der Waals surface area contributed by atoms with Crippen LogP contribution in [0.4, 0.5) is 0 Å². The number of amides is 1. The standard InChI is InChI=1S/C29H37N5O2.C2H2/c1-3-24(35)33-13-4-5-20(17-33)28-32-25(26-27(30)31-12-14-34(26)28)19-7-9-22(10-8-19)29(2,36)23-11-6-18-15-21(23)16-18;1-2/h6-10,12,14,20-21,23,28,32,36H,3-5,11,13,15-17H2,1-2H3,(H2,30,31);1-2H. The topological polar surface area (TPSA) is 94.2 Å². The number of nitrogens with zero attached hydrogens (tertiary/aromatic N) is 3. The Kier molecular flexibility index (Phi) is 7.11. The summed E-state index contributed by atoms with van der Waals surface area (Å²) in [4.78, 5) is 21.0. The molecular formula is C31H39N5O2. The van der Waals surface area contributed by atoms with Gasteiger partial charge in [0.1, 0.15) is 17.7 Å². The number of amidine groups is 1. The lowest BCUT2D eigenvalue weighted by Gasteiger charge is -2.47. The number of aliphatic imine (C=N–C) groups is 1. The van der Waals surface area contributed by atoms with Gasteiger partial charge in [0.05, 0.1) is 11.3 Å². The zero-order valence-electron chi connectivity index (χ0n) is 22.4. The van der Waals surface area contributed by atoms with Crippen LogP contribution in [0.1, 0.15) is 63.5 Å². The second-order valence-corrected chi connectivity index (χ2v) is 11.2. The molecule has 7 heteroatoms. The fourth-order valence-corrected chi connectivity index (χ4v) is 6.94. The zero-order valence-corrected chi connectivity index (χ0v) is 22.4. The minimum Gasteiger partial charge on any atom is -0.385 e. The summed E-state index contributed by atoms with van der Waals surface area (Å²) in [5, 5.41) is 15.3. The Balaban J connectivity index is 0.00000144. The summed E-state index contributed by atoms with van der Waals surface area (Å²) < 4.78 is 0. The van der Waals surface area contributed by atoms with E-state index >= 15 is 0 Å². The van der Waals surface area contributed by atoms with Gasteiger partial charge in [-0.1, -0.05) is 42.8 Å². The first-order valence-electron chi connectivity index (χ1n) is 13.8. The van der Waals surface area contributed by atoms with Crippen LogP contribution in [0.15, 0.2) is 59.0 Å². The molecule has 3 heterocycles. The van der Waals surface area contributed by atoms with Crippen molar-refractivity contribution in [1.29, 1.82) is 0 Å². The van der Waals surface area contributed by atoms with Crippen LogP contribution in [0.25, 0.3) is 5.70 Å². The molecule has 1 saturated carbocycles. The highest BCUT2D eigenvalue weighted by Gasteiger charge is 2.45. The third-order valence-electron chi connectivity index (χ3n) is 9.09. The van der Waals surface area contributed by atoms with Gasteiger partial charge in [-0.25, -0.2) is 4.99 Å². The number of benzene rings is 1. The number of carbonyl (C=O) groups is 1. The number of piperidine rings is 1. The van der Waals surface area contributed by atoms with Crippen molar-refractivity contribution in [2.75, 3.05) is 13.1 Å². The Labute approximate surface area is 226 Å². The molecule has 6 aliphatic rings. The van der Waals surface area contributed by atoms with E-state index in [2.05, 4.69) is 58.4 Å². The normalized spacial score (nSPS) is 29.1. The molecule has 1 amide bonds. The average Bonchev–Trinajstić information content (AvgIpc) is 3.34. The maximum atomic E-state index is 12.4. The quantitative estimate of drug-likeness (QED) is 0.410. The molecule has 38 heavy (non-hydrogen) atoms. The van der Waals surface area contributed by atoms with Crippen LogP contribution in [0.3, 0.4) is 0 Å². The highest BCUT2D eigenvalue weighted by atomic mass is 16.3. The van der Waals surface area contributed by atoms with Crippen LogP contribution >= 0.6 is 0 Å². The van der Waals surface area contributed by atoms with Crippen molar-refractivity contribution in [3.63, 3.8) is 0 Å². The van der Waals surface area contributed by atoms with Gasteiger partial charge in [-0.2, -0.15) is 0 Å². The van der Waals surface area contributed by atoms with Crippen LogP contribution in [-0.4, -0.2) is 45.9 Å². The van der Waals surface area contributed by atoms with Gasteiger partial charge in [0.25, 0.3) is 0 Å². The SMILES string of the molecule is C#C.CCC(=O)N1CCCC(C2NC(c3ccc(C(C)(O)C4CC=C5CC4C5)cc3)=C3C(N)=NC=CN32)C1. The van der Waals surface area contributed by atoms with E-state index in [9.17, 15) is 9.90 Å². The summed E-state index contributed by atoms with van der Waals surface area (Å²) >= 11 is 0. The average molecular weight is 514 g/mol. The number of allylic oxidation sites excluding steroid dienone is 2. The predicted octanol–water partition coefficient (Wildman–Crippen LogP) is 3.89. The number of hydrogen-bond donors (Lipinski definition) is 3. The molecular weight excluding hydrogens is 474 g/mol. The number of rotatable bonds is 5. The maximum absolute atomic E-state index is 12.4. The summed E-state index contributed by atoms with van der Waals surface area (Å²) in [5.41, 5.74) is 10.9. The first kappa shape index (κ1) is 26.1. The van der Waals surface area contributed by atoms with Crippen molar-refractivity contribution >= 4 is 17.4 Å². The van der Waals surface area contributed by atoms with Crippen LogP contribution < -0.4 is 11.1 Å². The number of aliphatic hydroxyl groups is 1. The molecule has 3 aliphatic heterocycles. The fourth-order valence-electron chi connectivity index (χ4n) is 6.94. The highest BCUT2D eigenvalue weighted by Crippen LogP contribution is 2.51. The molecule has 3 aliphatic carbocycles. The van der Waals surface area contributed by atoms with Gasteiger partial charge in [0, 0.05) is 37.8 Å². The molecule has 1 saturated heterocycles. The first-order valence-corrected chi connectivity index (χ1v) is 13.8. The lowest BCUT2D eigenvalue weighted by atomic mass is 9.60. The zero-order chi connectivity index (χ0) is 27.0. The first-order chi connectivity index (χ1) is 18.4. The molecule has 2 bridgehead atoms. The molecule has 0 radical (unpaired) electrons. The fraction of sp³-hybridized carbons (Fsp3) is 0.484. The van der Waals surface area contributed by atoms with Gasteiger partial charge in [0.15, 0.2) is 0 Å². The summed E-state index contributed by atoms with van der Waals surface area (Å²) in [6.07, 6.45) is 19.9. The van der Waals surface area contributed by atoms with Crippen molar-refractivity contribution in [2.24, 2.45) is 28.5 Å². The van der Waals surface area contributed by atoms with Crippen LogP contribution in [0.2, 0.25) is 0 Å². The van der Waals surface area contributed by atoms with Gasteiger partial charge < -0.3 is 26.0 Å². The molecule has 2 fully saturated rings. The lowest BCUT2D eigenvalue weighted by molar-refractivity contribution is -0.133. The third-order valence-corrected chi connectivity index (χ3v) is 9.09. The second kappa shape index (κ2) is 10.3. The number of nitrogens with two attached hydrogens (primary N) is 1. The minimum absolute atomic E-state index is 0.0115. The van der Waals surface area contributed by atoms with Crippen LogP contribution in [0, 0.1) is 30.6 Å². The van der Waals surface area contributed by atoms with Crippen molar-refractivity contribution in [1.82, 2.24) is 15.1 Å². The largest absolute Gasteiger partial charge is 0.385 e. The van der Waals surface area contributed by atoms with E-state index in [0.717, 1.165) is 67.7 Å². The Bertz CT molecular complexity index is 1210. The van der Waals surface area contributed by atoms with Gasteiger partial charge in [0.2, 0.25) is 5.91 Å². The highest BCUT2D eigenvalue weighted by molar-refractivity contribution is 6.05. The van der Waals surface area contributed by atoms with E-state index in [1.165, 1.54) is 0 Å². The summed E-state index contributed by atoms with van der Waals surface area (Å²) in [6, 6.07) is 8.30. The van der Waals surface area contributed by atoms with E-state index < -0.39 is 5.60 Å². The molecule has 4 unspecified atom stereocenters. The summed E-state index contributed by atoms with van der Waals surface area (Å²) in [6.45, 7) is 5.48. The molecule has 4 N–H and O–H groups in total. The molecule has 0 aromatic heterocycles. The van der Waals surface area contributed by atoms with Gasteiger partial charge in [-0.05, 0) is 62.0 Å². The Hall–Kier alpha value is -3.50. The molecule has 4 atom stereocenters. The van der Waals surface area contributed by atoms with E-state index in [1.54, 1.807) is 11.8 Å². The molecule has 7 nitrogen and oxygen atoms in total. The van der Waals surface area contributed by atoms with E-state index in [0.29, 0.717) is 18.2 Å². The van der Waals surface area contributed by atoms with Crippen LogP contribution in [0.5, 0.6) is 0 Å². The number of carbonyl (C=O) groups excluding carboxylic acids is 1. The Morgan fingerprint density at radius 2 is 1.97 bits per heavy atom. The second-order valence-electron chi connectivity index (χ2n) is 11.2. The summed E-state index contributed by atoms with van der Waals surface area (Å²) in [5.74, 6) is 1.85. The van der Waals surface area contributed by atoms with Crippen molar-refractivity contribution in [3.8, 4) is 12.8 Å². The minimum atomic E-state index is -0.855. The predicted molar refractivity (Wildman–Crippen MR) is 151 cm³/mol. The molecule has 7 rings (SSSR count). The van der Waals surface area contributed by atoms with Crippen molar-refractivity contribution < 1.29 is 9.90 Å². The number of likely N-dealkylation sites (tertiary alicyclic amines) is 1.